The number of hydrogen-bond acceptors (Lipinski definition) is 2. The molecule has 0 aliphatic heterocycles. The number of thiol groups is 1. The first-order chi connectivity index (χ1) is 6.02. The van der Waals surface area contributed by atoms with E-state index in [1.54, 1.807) is 0 Å². The summed E-state index contributed by atoms with van der Waals surface area (Å²) >= 11 is 15.1. The first-order valence-electron chi connectivity index (χ1n) is 3.14. The Hall–Kier alpha value is -0.190. The molecule has 0 aliphatic rings. The van der Waals surface area contributed by atoms with Gasteiger partial charge in [0, 0.05) is 0 Å². The molecule has 1 aromatic carbocycles. The monoisotopic (exact) mass is 244 g/mol. The highest BCUT2D eigenvalue weighted by Gasteiger charge is 2.12. The zero-order valence-corrected chi connectivity index (χ0v) is 8.51. The summed E-state index contributed by atoms with van der Waals surface area (Å²) < 4.78 is 27.7. The van der Waals surface area contributed by atoms with Crippen molar-refractivity contribution in [1.82, 2.24) is 0 Å². The van der Waals surface area contributed by atoms with Gasteiger partial charge in [0.05, 0.1) is 14.9 Å². The minimum absolute atomic E-state index is 0.0901. The van der Waals surface area contributed by atoms with Gasteiger partial charge in [0.2, 0.25) is 0 Å². The molecule has 1 rings (SSSR count). The summed E-state index contributed by atoms with van der Waals surface area (Å²) in [6, 6.07) is 2.64. The van der Waals surface area contributed by atoms with Crippen LogP contribution in [0.5, 0.6) is 5.75 Å². The fraction of sp³-hybridized carbons (Fsp3) is 0.143. The summed E-state index contributed by atoms with van der Waals surface area (Å²) in [5, 5.41) is 0.344. The second kappa shape index (κ2) is 4.35. The lowest BCUT2D eigenvalue weighted by atomic mass is 10.3. The molecule has 1 nitrogen and oxygen atoms in total. The third-order valence-corrected chi connectivity index (χ3v) is 2.63. The maximum atomic E-state index is 11.8. The van der Waals surface area contributed by atoms with Crippen LogP contribution >= 0.6 is 35.8 Å². The van der Waals surface area contributed by atoms with Crippen LogP contribution in [0.2, 0.25) is 10.0 Å². The van der Waals surface area contributed by atoms with Crippen LogP contribution in [0.3, 0.4) is 0 Å². The molecule has 72 valence electrons. The number of alkyl halides is 2. The van der Waals surface area contributed by atoms with Gasteiger partial charge in [-0.3, -0.25) is 0 Å². The summed E-state index contributed by atoms with van der Waals surface area (Å²) in [5.74, 6) is -0.0901. The number of benzene rings is 1. The van der Waals surface area contributed by atoms with Crippen LogP contribution in [0, 0.1) is 0 Å². The Morgan fingerprint density at radius 3 is 2.46 bits per heavy atom. The third-order valence-electron chi connectivity index (χ3n) is 1.25. The summed E-state index contributed by atoms with van der Waals surface area (Å²) in [6.45, 7) is -2.90. The largest absolute Gasteiger partial charge is 0.434 e. The van der Waals surface area contributed by atoms with E-state index in [9.17, 15) is 8.78 Å². The highest BCUT2D eigenvalue weighted by molar-refractivity contribution is 7.80. The number of halogens is 4. The molecule has 0 bridgehead atoms. The minimum atomic E-state index is -2.90. The van der Waals surface area contributed by atoms with Crippen molar-refractivity contribution in [2.75, 3.05) is 0 Å². The molecule has 0 unspecified atom stereocenters. The van der Waals surface area contributed by atoms with Crippen LogP contribution in [-0.4, -0.2) is 6.61 Å². The van der Waals surface area contributed by atoms with Gasteiger partial charge in [-0.15, -0.1) is 12.6 Å². The molecule has 0 aromatic heterocycles. The highest BCUT2D eigenvalue weighted by atomic mass is 35.5. The summed E-state index contributed by atoms with van der Waals surface area (Å²) in [5.41, 5.74) is 0. The molecular formula is C7H4Cl2F2OS. The number of ether oxygens (including phenoxy) is 1. The third kappa shape index (κ3) is 2.62. The molecular weight excluding hydrogens is 241 g/mol. The molecule has 0 saturated heterocycles. The Labute approximate surface area is 89.0 Å². The maximum absolute atomic E-state index is 11.8. The van der Waals surface area contributed by atoms with Crippen molar-refractivity contribution in [1.29, 1.82) is 0 Å². The van der Waals surface area contributed by atoms with Crippen molar-refractivity contribution >= 4 is 35.8 Å². The Balaban J connectivity index is 3.04. The van der Waals surface area contributed by atoms with E-state index in [1.165, 1.54) is 12.1 Å². The molecule has 1 aromatic rings. The second-order valence-corrected chi connectivity index (χ2v) is 3.32. The Morgan fingerprint density at radius 2 is 1.92 bits per heavy atom. The topological polar surface area (TPSA) is 9.23 Å². The predicted octanol–water partition coefficient (Wildman–Crippen LogP) is 3.88. The molecule has 0 radical (unpaired) electrons. The van der Waals surface area contributed by atoms with Gasteiger partial charge >= 0.3 is 6.61 Å². The average Bonchev–Trinajstić information content (AvgIpc) is 2.06. The van der Waals surface area contributed by atoms with Gasteiger partial charge in [-0.25, -0.2) is 0 Å². The number of rotatable bonds is 2. The molecule has 0 fully saturated rings. The Kier molecular flexibility index (Phi) is 3.64. The lowest BCUT2D eigenvalue weighted by Gasteiger charge is -2.08. The maximum Gasteiger partial charge on any atom is 0.387 e. The van der Waals surface area contributed by atoms with Gasteiger partial charge in [-0.1, -0.05) is 23.2 Å². The van der Waals surface area contributed by atoms with Gasteiger partial charge in [-0.2, -0.15) is 8.78 Å². The molecule has 0 spiro atoms. The molecule has 0 heterocycles. The molecule has 13 heavy (non-hydrogen) atoms. The molecule has 0 atom stereocenters. The van der Waals surface area contributed by atoms with Crippen LogP contribution in [0.15, 0.2) is 17.0 Å². The summed E-state index contributed by atoms with van der Waals surface area (Å²) in [6.07, 6.45) is 0. The van der Waals surface area contributed by atoms with Crippen molar-refractivity contribution in [3.8, 4) is 5.75 Å². The van der Waals surface area contributed by atoms with E-state index >= 15 is 0 Å². The summed E-state index contributed by atoms with van der Waals surface area (Å²) in [7, 11) is 0. The lowest BCUT2D eigenvalue weighted by molar-refractivity contribution is -0.0516. The second-order valence-electron chi connectivity index (χ2n) is 2.09. The van der Waals surface area contributed by atoms with Crippen LogP contribution in [0.25, 0.3) is 0 Å². The molecule has 0 amide bonds. The highest BCUT2D eigenvalue weighted by Crippen LogP contribution is 2.36. The quantitative estimate of drug-likeness (QED) is 0.778. The van der Waals surface area contributed by atoms with Crippen LogP contribution < -0.4 is 4.74 Å². The zero-order chi connectivity index (χ0) is 10.0. The zero-order valence-electron chi connectivity index (χ0n) is 6.10. The van der Waals surface area contributed by atoms with Crippen molar-refractivity contribution in [3.63, 3.8) is 0 Å². The van der Waals surface area contributed by atoms with Crippen molar-refractivity contribution < 1.29 is 13.5 Å². The first-order valence-corrected chi connectivity index (χ1v) is 4.34. The molecule has 0 aliphatic carbocycles. The van der Waals surface area contributed by atoms with Crippen LogP contribution in [0.1, 0.15) is 0 Å². The van der Waals surface area contributed by atoms with E-state index in [2.05, 4.69) is 17.4 Å². The van der Waals surface area contributed by atoms with Gasteiger partial charge in [-0.05, 0) is 12.1 Å². The SMILES string of the molecule is FC(F)Oc1ccc(Cl)c(Cl)c1S. The molecule has 0 saturated carbocycles. The van der Waals surface area contributed by atoms with Crippen LogP contribution in [0.4, 0.5) is 8.78 Å². The van der Waals surface area contributed by atoms with E-state index < -0.39 is 6.61 Å². The van der Waals surface area contributed by atoms with E-state index in [0.717, 1.165) is 0 Å². The van der Waals surface area contributed by atoms with Crippen molar-refractivity contribution in [2.45, 2.75) is 11.5 Å². The number of hydrogen-bond donors (Lipinski definition) is 1. The fourth-order valence-corrected chi connectivity index (χ4v) is 1.34. The fourth-order valence-electron chi connectivity index (χ4n) is 0.713. The van der Waals surface area contributed by atoms with Crippen molar-refractivity contribution in [2.24, 2.45) is 0 Å². The molecule has 0 N–H and O–H groups in total. The Bertz CT molecular complexity index is 320. The standard InChI is InChI=1S/C7H4Cl2F2OS/c8-3-1-2-4(12-7(10)11)6(13)5(3)9/h1-2,7,13H. The van der Waals surface area contributed by atoms with Gasteiger partial charge in [0.15, 0.2) is 0 Å². The summed E-state index contributed by atoms with van der Waals surface area (Å²) in [4.78, 5) is 0.106. The minimum Gasteiger partial charge on any atom is -0.434 e. The predicted molar refractivity (Wildman–Crippen MR) is 50.3 cm³/mol. The Morgan fingerprint density at radius 1 is 1.31 bits per heavy atom. The van der Waals surface area contributed by atoms with Crippen LogP contribution in [-0.2, 0) is 0 Å². The van der Waals surface area contributed by atoms with Gasteiger partial charge in [0.25, 0.3) is 0 Å². The van der Waals surface area contributed by atoms with Gasteiger partial charge in [0.1, 0.15) is 5.75 Å². The normalized spacial score (nSPS) is 10.6. The van der Waals surface area contributed by atoms with E-state index in [-0.39, 0.29) is 20.7 Å². The first kappa shape index (κ1) is 10.9. The molecule has 6 heteroatoms. The van der Waals surface area contributed by atoms with Gasteiger partial charge < -0.3 is 4.74 Å². The smallest absolute Gasteiger partial charge is 0.387 e. The van der Waals surface area contributed by atoms with E-state index in [4.69, 9.17) is 23.2 Å². The van der Waals surface area contributed by atoms with E-state index in [1.807, 2.05) is 0 Å². The average molecular weight is 245 g/mol. The van der Waals surface area contributed by atoms with Crippen molar-refractivity contribution in [3.05, 3.63) is 22.2 Å². The lowest BCUT2D eigenvalue weighted by Crippen LogP contribution is -2.02. The van der Waals surface area contributed by atoms with E-state index in [0.29, 0.717) is 0 Å².